The normalized spacial score (nSPS) is 10.8. The van der Waals surface area contributed by atoms with Crippen LogP contribution in [-0.2, 0) is 11.3 Å². The van der Waals surface area contributed by atoms with Crippen LogP contribution in [0.25, 0.3) is 11.0 Å². The maximum atomic E-state index is 13.8. The zero-order valence-electron chi connectivity index (χ0n) is 13.0. The Morgan fingerprint density at radius 2 is 2.08 bits per heavy atom. The number of fused-ring (bicyclic) bond motifs is 1. The van der Waals surface area contributed by atoms with E-state index in [0.29, 0.717) is 16.5 Å². The molecule has 0 saturated heterocycles. The molecule has 3 rings (SSSR count). The van der Waals surface area contributed by atoms with Crippen LogP contribution >= 0.6 is 11.6 Å². The Kier molecular flexibility index (Phi) is 4.46. The molecule has 0 aliphatic carbocycles. The fourth-order valence-electron chi connectivity index (χ4n) is 2.44. The van der Waals surface area contributed by atoms with E-state index < -0.39 is 17.4 Å². The Balaban J connectivity index is 1.95. The maximum Gasteiger partial charge on any atom is 0.342 e. The third-order valence-electron chi connectivity index (χ3n) is 3.74. The van der Waals surface area contributed by atoms with Crippen molar-refractivity contribution in [2.24, 2.45) is 0 Å². The van der Waals surface area contributed by atoms with Crippen LogP contribution in [0.15, 0.2) is 45.6 Å². The number of halogens is 2. The van der Waals surface area contributed by atoms with E-state index in [1.165, 1.54) is 24.3 Å². The minimum atomic E-state index is -0.944. The zero-order valence-corrected chi connectivity index (χ0v) is 13.8. The Bertz CT molecular complexity index is 1020. The molecule has 0 aliphatic heterocycles. The van der Waals surface area contributed by atoms with Crippen LogP contribution in [0.1, 0.15) is 21.5 Å². The van der Waals surface area contributed by atoms with E-state index in [-0.39, 0.29) is 28.5 Å². The van der Waals surface area contributed by atoms with E-state index in [4.69, 9.17) is 20.8 Å². The molecule has 5 nitrogen and oxygen atoms in total. The average Bonchev–Trinajstić information content (AvgIpc) is 2.56. The SMILES string of the molecule is Cc1c(O)ccc2c(COC(=O)c3c(F)cccc3Cl)cc(=O)oc12. The lowest BCUT2D eigenvalue weighted by molar-refractivity contribution is 0.0468. The van der Waals surface area contributed by atoms with Crippen molar-refractivity contribution in [3.05, 3.63) is 74.3 Å². The number of hydrogen-bond donors (Lipinski definition) is 1. The molecule has 0 radical (unpaired) electrons. The van der Waals surface area contributed by atoms with Crippen LogP contribution in [0, 0.1) is 12.7 Å². The molecule has 25 heavy (non-hydrogen) atoms. The number of phenols is 1. The number of rotatable bonds is 3. The van der Waals surface area contributed by atoms with Gasteiger partial charge in [-0.15, -0.1) is 0 Å². The molecule has 0 unspecified atom stereocenters. The summed E-state index contributed by atoms with van der Waals surface area (Å²) in [7, 11) is 0. The summed E-state index contributed by atoms with van der Waals surface area (Å²) in [5, 5.41) is 10.2. The number of benzene rings is 2. The summed E-state index contributed by atoms with van der Waals surface area (Å²) >= 11 is 5.83. The summed E-state index contributed by atoms with van der Waals surface area (Å²) in [4.78, 5) is 23.8. The molecule has 7 heteroatoms. The molecule has 0 bridgehead atoms. The highest BCUT2D eigenvalue weighted by Gasteiger charge is 2.18. The minimum Gasteiger partial charge on any atom is -0.508 e. The monoisotopic (exact) mass is 362 g/mol. The first-order chi connectivity index (χ1) is 11.9. The number of aromatic hydroxyl groups is 1. The first-order valence-corrected chi connectivity index (χ1v) is 7.62. The van der Waals surface area contributed by atoms with Crippen LogP contribution < -0.4 is 5.63 Å². The van der Waals surface area contributed by atoms with Crippen LogP contribution in [0.4, 0.5) is 4.39 Å². The summed E-state index contributed by atoms with van der Waals surface area (Å²) in [6.45, 7) is 1.31. The van der Waals surface area contributed by atoms with Crippen molar-refractivity contribution in [1.29, 1.82) is 0 Å². The van der Waals surface area contributed by atoms with E-state index in [2.05, 4.69) is 0 Å². The Hall–Kier alpha value is -2.86. The topological polar surface area (TPSA) is 76.7 Å². The number of carbonyl (C=O) groups is 1. The van der Waals surface area contributed by atoms with Gasteiger partial charge in [-0.3, -0.25) is 0 Å². The summed E-state index contributed by atoms with van der Waals surface area (Å²) in [6.07, 6.45) is 0. The Labute approximate surface area is 146 Å². The fourth-order valence-corrected chi connectivity index (χ4v) is 2.68. The van der Waals surface area contributed by atoms with Gasteiger partial charge in [0.1, 0.15) is 29.3 Å². The van der Waals surface area contributed by atoms with Crippen molar-refractivity contribution in [3.63, 3.8) is 0 Å². The van der Waals surface area contributed by atoms with E-state index in [9.17, 15) is 19.1 Å². The molecule has 1 aromatic heterocycles. The summed E-state index contributed by atoms with van der Waals surface area (Å²) in [5.74, 6) is -1.77. The maximum absolute atomic E-state index is 13.8. The van der Waals surface area contributed by atoms with Gasteiger partial charge in [0.25, 0.3) is 0 Å². The number of carbonyl (C=O) groups excluding carboxylic acids is 1. The van der Waals surface area contributed by atoms with Crippen molar-refractivity contribution in [1.82, 2.24) is 0 Å². The van der Waals surface area contributed by atoms with E-state index in [0.717, 1.165) is 6.07 Å². The second kappa shape index (κ2) is 6.57. The quantitative estimate of drug-likeness (QED) is 0.563. The van der Waals surface area contributed by atoms with E-state index in [1.54, 1.807) is 13.0 Å². The fraction of sp³-hybridized carbons (Fsp3) is 0.111. The summed E-state index contributed by atoms with van der Waals surface area (Å²) in [5.41, 5.74) is -0.0704. The molecule has 0 aliphatic rings. The third kappa shape index (κ3) is 3.21. The van der Waals surface area contributed by atoms with Gasteiger partial charge in [0.05, 0.1) is 5.02 Å². The number of aryl methyl sites for hydroxylation is 1. The molecule has 2 aromatic carbocycles. The predicted octanol–water partition coefficient (Wildman–Crippen LogP) is 3.96. The van der Waals surface area contributed by atoms with Crippen molar-refractivity contribution >= 4 is 28.5 Å². The van der Waals surface area contributed by atoms with Gasteiger partial charge < -0.3 is 14.3 Å². The van der Waals surface area contributed by atoms with Crippen LogP contribution in [0.5, 0.6) is 5.75 Å². The molecule has 0 fully saturated rings. The van der Waals surface area contributed by atoms with E-state index in [1.807, 2.05) is 0 Å². The lowest BCUT2D eigenvalue weighted by atomic mass is 10.1. The Morgan fingerprint density at radius 1 is 1.32 bits per heavy atom. The highest BCUT2D eigenvalue weighted by atomic mass is 35.5. The van der Waals surface area contributed by atoms with Crippen molar-refractivity contribution in [2.75, 3.05) is 0 Å². The van der Waals surface area contributed by atoms with Gasteiger partial charge in [-0.25, -0.2) is 14.0 Å². The highest BCUT2D eigenvalue weighted by molar-refractivity contribution is 6.33. The van der Waals surface area contributed by atoms with Crippen molar-refractivity contribution in [3.8, 4) is 5.75 Å². The molecule has 0 amide bonds. The number of phenolic OH excluding ortho intramolecular Hbond substituents is 1. The average molecular weight is 363 g/mol. The van der Waals surface area contributed by atoms with Crippen LogP contribution in [0.3, 0.4) is 0 Å². The van der Waals surface area contributed by atoms with Gasteiger partial charge in [-0.1, -0.05) is 17.7 Å². The molecule has 0 atom stereocenters. The number of esters is 1. The van der Waals surface area contributed by atoms with Gasteiger partial charge >= 0.3 is 11.6 Å². The smallest absolute Gasteiger partial charge is 0.342 e. The number of hydrogen-bond acceptors (Lipinski definition) is 5. The molecule has 0 spiro atoms. The lowest BCUT2D eigenvalue weighted by Gasteiger charge is -2.10. The second-order valence-electron chi connectivity index (χ2n) is 5.35. The largest absolute Gasteiger partial charge is 0.508 e. The first kappa shape index (κ1) is 17.0. The third-order valence-corrected chi connectivity index (χ3v) is 4.06. The minimum absolute atomic E-state index is 0.0251. The zero-order chi connectivity index (χ0) is 18.1. The first-order valence-electron chi connectivity index (χ1n) is 7.25. The molecule has 1 heterocycles. The Morgan fingerprint density at radius 3 is 2.80 bits per heavy atom. The number of ether oxygens (including phenoxy) is 1. The summed E-state index contributed by atoms with van der Waals surface area (Å²) < 4.78 is 24.0. The van der Waals surface area contributed by atoms with Gasteiger partial charge in [-0.05, 0) is 31.2 Å². The summed E-state index contributed by atoms with van der Waals surface area (Å²) in [6, 6.07) is 8.01. The molecular formula is C18H12ClFO5. The lowest BCUT2D eigenvalue weighted by Crippen LogP contribution is -2.10. The van der Waals surface area contributed by atoms with Gasteiger partial charge in [0, 0.05) is 22.6 Å². The van der Waals surface area contributed by atoms with Crippen LogP contribution in [-0.4, -0.2) is 11.1 Å². The molecule has 3 aromatic rings. The van der Waals surface area contributed by atoms with Gasteiger partial charge in [-0.2, -0.15) is 0 Å². The molecule has 0 saturated carbocycles. The molecule has 128 valence electrons. The van der Waals surface area contributed by atoms with Gasteiger partial charge in [0.15, 0.2) is 0 Å². The molecular weight excluding hydrogens is 351 g/mol. The van der Waals surface area contributed by atoms with Crippen LogP contribution in [0.2, 0.25) is 5.02 Å². The highest BCUT2D eigenvalue weighted by Crippen LogP contribution is 2.28. The predicted molar refractivity (Wildman–Crippen MR) is 89.4 cm³/mol. The standard InChI is InChI=1S/C18H12ClFO5/c1-9-14(21)6-5-11-10(7-15(22)25-17(9)11)8-24-18(23)16-12(19)3-2-4-13(16)20/h2-7,21H,8H2,1H3. The molecule has 1 N–H and O–H groups in total. The second-order valence-corrected chi connectivity index (χ2v) is 5.76. The van der Waals surface area contributed by atoms with Gasteiger partial charge in [0.2, 0.25) is 0 Å². The van der Waals surface area contributed by atoms with Crippen molar-refractivity contribution in [2.45, 2.75) is 13.5 Å². The van der Waals surface area contributed by atoms with E-state index >= 15 is 0 Å². The van der Waals surface area contributed by atoms with Crippen molar-refractivity contribution < 1.29 is 23.4 Å².